The standard InChI is InChI=1S/C5H6ClNO/c6-5-4(3-7)1-2-8-5/h1-2H,3,7H2. The lowest BCUT2D eigenvalue weighted by Crippen LogP contribution is -1.93. The Balaban J connectivity index is 2.92. The topological polar surface area (TPSA) is 39.2 Å². The molecule has 3 heteroatoms. The van der Waals surface area contributed by atoms with Crippen LogP contribution in [0.4, 0.5) is 0 Å². The Morgan fingerprint density at radius 3 is 2.75 bits per heavy atom. The summed E-state index contributed by atoms with van der Waals surface area (Å²) in [6, 6.07) is 1.75. The van der Waals surface area contributed by atoms with Crippen LogP contribution in [0, 0.1) is 0 Å². The van der Waals surface area contributed by atoms with Crippen molar-refractivity contribution in [3.05, 3.63) is 23.1 Å². The zero-order chi connectivity index (χ0) is 5.98. The van der Waals surface area contributed by atoms with E-state index in [0.717, 1.165) is 5.56 Å². The lowest BCUT2D eigenvalue weighted by atomic mass is 10.3. The maximum absolute atomic E-state index is 5.49. The van der Waals surface area contributed by atoms with Crippen molar-refractivity contribution in [1.29, 1.82) is 0 Å². The Morgan fingerprint density at radius 2 is 2.50 bits per heavy atom. The van der Waals surface area contributed by atoms with Gasteiger partial charge in [-0.3, -0.25) is 0 Å². The minimum atomic E-state index is 0.396. The molecule has 0 spiro atoms. The van der Waals surface area contributed by atoms with E-state index in [1.54, 1.807) is 6.07 Å². The van der Waals surface area contributed by atoms with E-state index in [4.69, 9.17) is 21.8 Å². The van der Waals surface area contributed by atoms with Crippen molar-refractivity contribution in [3.63, 3.8) is 0 Å². The molecule has 44 valence electrons. The third kappa shape index (κ3) is 0.854. The van der Waals surface area contributed by atoms with Crippen LogP contribution in [0.2, 0.25) is 5.22 Å². The van der Waals surface area contributed by atoms with Crippen molar-refractivity contribution in [2.75, 3.05) is 0 Å². The number of nitrogens with two attached hydrogens (primary N) is 1. The number of rotatable bonds is 1. The van der Waals surface area contributed by atoms with Gasteiger partial charge in [0.2, 0.25) is 0 Å². The van der Waals surface area contributed by atoms with Gasteiger partial charge in [0, 0.05) is 12.1 Å². The average Bonchev–Trinajstić information content (AvgIpc) is 2.14. The van der Waals surface area contributed by atoms with E-state index in [0.29, 0.717) is 11.8 Å². The molecule has 0 saturated heterocycles. The van der Waals surface area contributed by atoms with Crippen LogP contribution in [0.3, 0.4) is 0 Å². The zero-order valence-electron chi connectivity index (χ0n) is 4.23. The Labute approximate surface area is 52.2 Å². The molecule has 0 fully saturated rings. The number of hydrogen-bond donors (Lipinski definition) is 1. The van der Waals surface area contributed by atoms with Crippen LogP contribution in [0.5, 0.6) is 0 Å². The van der Waals surface area contributed by atoms with Gasteiger partial charge in [0.25, 0.3) is 0 Å². The molecule has 1 aromatic heterocycles. The van der Waals surface area contributed by atoms with Gasteiger partial charge in [-0.15, -0.1) is 0 Å². The van der Waals surface area contributed by atoms with Crippen LogP contribution in [-0.2, 0) is 6.54 Å². The molecule has 2 N–H and O–H groups in total. The van der Waals surface area contributed by atoms with Crippen molar-refractivity contribution in [2.45, 2.75) is 6.54 Å². The molecule has 1 rings (SSSR count). The third-order valence-electron chi connectivity index (χ3n) is 0.913. The summed E-state index contributed by atoms with van der Waals surface area (Å²) in [5, 5.41) is 0.396. The molecule has 8 heavy (non-hydrogen) atoms. The van der Waals surface area contributed by atoms with Crippen LogP contribution in [0.25, 0.3) is 0 Å². The highest BCUT2D eigenvalue weighted by molar-refractivity contribution is 6.29. The van der Waals surface area contributed by atoms with Crippen LogP contribution in [-0.4, -0.2) is 0 Å². The van der Waals surface area contributed by atoms with Gasteiger partial charge < -0.3 is 10.2 Å². The van der Waals surface area contributed by atoms with Crippen LogP contribution in [0.15, 0.2) is 16.7 Å². The van der Waals surface area contributed by atoms with Crippen molar-refractivity contribution in [1.82, 2.24) is 0 Å². The maximum atomic E-state index is 5.49. The fourth-order valence-corrected chi connectivity index (χ4v) is 0.657. The molecule has 0 bridgehead atoms. The van der Waals surface area contributed by atoms with E-state index in [1.807, 2.05) is 0 Å². The molecule has 0 aliphatic rings. The third-order valence-corrected chi connectivity index (χ3v) is 1.24. The van der Waals surface area contributed by atoms with Gasteiger partial charge in [-0.25, -0.2) is 0 Å². The Morgan fingerprint density at radius 1 is 1.75 bits per heavy atom. The molecule has 0 unspecified atom stereocenters. The van der Waals surface area contributed by atoms with Crippen LogP contribution >= 0.6 is 11.6 Å². The fourth-order valence-electron chi connectivity index (χ4n) is 0.465. The maximum Gasteiger partial charge on any atom is 0.197 e. The van der Waals surface area contributed by atoms with E-state index in [9.17, 15) is 0 Å². The molecule has 0 amide bonds. The summed E-state index contributed by atoms with van der Waals surface area (Å²) < 4.78 is 4.74. The zero-order valence-corrected chi connectivity index (χ0v) is 4.98. The Hall–Kier alpha value is -0.470. The lowest BCUT2D eigenvalue weighted by Gasteiger charge is -1.84. The molecule has 0 aliphatic heterocycles. The first-order chi connectivity index (χ1) is 3.84. The van der Waals surface area contributed by atoms with Crippen LogP contribution in [0.1, 0.15) is 5.56 Å². The molecule has 2 nitrogen and oxygen atoms in total. The van der Waals surface area contributed by atoms with Gasteiger partial charge in [0.05, 0.1) is 6.26 Å². The van der Waals surface area contributed by atoms with Gasteiger partial charge in [0.1, 0.15) is 0 Å². The molecule has 1 aromatic rings. The van der Waals surface area contributed by atoms with Crippen molar-refractivity contribution >= 4 is 11.6 Å². The van der Waals surface area contributed by atoms with E-state index in [2.05, 4.69) is 0 Å². The van der Waals surface area contributed by atoms with Crippen molar-refractivity contribution in [2.24, 2.45) is 5.73 Å². The first-order valence-corrected chi connectivity index (χ1v) is 2.64. The van der Waals surface area contributed by atoms with Gasteiger partial charge >= 0.3 is 0 Å². The molecular formula is C5H6ClNO. The highest BCUT2D eigenvalue weighted by atomic mass is 35.5. The molecule has 0 radical (unpaired) electrons. The summed E-state index contributed by atoms with van der Waals surface area (Å²) in [4.78, 5) is 0. The second-order valence-corrected chi connectivity index (χ2v) is 1.77. The summed E-state index contributed by atoms with van der Waals surface area (Å²) in [7, 11) is 0. The summed E-state index contributed by atoms with van der Waals surface area (Å²) in [6.45, 7) is 0.440. The summed E-state index contributed by atoms with van der Waals surface area (Å²) >= 11 is 5.49. The van der Waals surface area contributed by atoms with E-state index in [1.165, 1.54) is 6.26 Å². The molecule has 0 aromatic carbocycles. The first-order valence-electron chi connectivity index (χ1n) is 2.26. The first kappa shape index (κ1) is 5.66. The minimum absolute atomic E-state index is 0.396. The molecule has 0 aliphatic carbocycles. The monoisotopic (exact) mass is 131 g/mol. The smallest absolute Gasteiger partial charge is 0.197 e. The largest absolute Gasteiger partial charge is 0.453 e. The van der Waals surface area contributed by atoms with Gasteiger partial charge in [-0.05, 0) is 17.7 Å². The van der Waals surface area contributed by atoms with E-state index >= 15 is 0 Å². The summed E-state index contributed by atoms with van der Waals surface area (Å²) in [6.07, 6.45) is 1.52. The molecule has 0 saturated carbocycles. The second kappa shape index (κ2) is 2.20. The predicted octanol–water partition coefficient (Wildman–Crippen LogP) is 1.39. The minimum Gasteiger partial charge on any atom is -0.453 e. The number of halogens is 1. The molecular weight excluding hydrogens is 126 g/mol. The van der Waals surface area contributed by atoms with Gasteiger partial charge in [0.15, 0.2) is 5.22 Å². The lowest BCUT2D eigenvalue weighted by molar-refractivity contribution is 0.566. The summed E-state index contributed by atoms with van der Waals surface area (Å²) in [5.74, 6) is 0. The molecule has 1 heterocycles. The fraction of sp³-hybridized carbons (Fsp3) is 0.200. The normalized spacial score (nSPS) is 9.75. The van der Waals surface area contributed by atoms with E-state index in [-0.39, 0.29) is 0 Å². The SMILES string of the molecule is NCc1ccoc1Cl. The number of furan rings is 1. The Bertz CT molecular complexity index is 173. The quantitative estimate of drug-likeness (QED) is 0.626. The van der Waals surface area contributed by atoms with Crippen LogP contribution < -0.4 is 5.73 Å². The highest BCUT2D eigenvalue weighted by Gasteiger charge is 1.97. The predicted molar refractivity (Wildman–Crippen MR) is 31.6 cm³/mol. The van der Waals surface area contributed by atoms with Crippen molar-refractivity contribution < 1.29 is 4.42 Å². The molecule has 0 atom stereocenters. The average molecular weight is 132 g/mol. The van der Waals surface area contributed by atoms with Crippen molar-refractivity contribution in [3.8, 4) is 0 Å². The second-order valence-electron chi connectivity index (χ2n) is 1.42. The summed E-state index contributed by atoms with van der Waals surface area (Å²) in [5.41, 5.74) is 6.10. The Kier molecular flexibility index (Phi) is 1.56. The van der Waals surface area contributed by atoms with Gasteiger partial charge in [-0.1, -0.05) is 0 Å². The van der Waals surface area contributed by atoms with Gasteiger partial charge in [-0.2, -0.15) is 0 Å². The highest BCUT2D eigenvalue weighted by Crippen LogP contribution is 2.14. The number of hydrogen-bond acceptors (Lipinski definition) is 2. The van der Waals surface area contributed by atoms with E-state index < -0.39 is 0 Å².